The predicted octanol–water partition coefficient (Wildman–Crippen LogP) is 5.05. The van der Waals surface area contributed by atoms with Gasteiger partial charge in [0, 0.05) is 42.0 Å². The molecular weight excluding hydrogens is 468 g/mol. The highest BCUT2D eigenvalue weighted by molar-refractivity contribution is 5.77. The Balaban J connectivity index is 1.48. The Bertz CT molecular complexity index is 1200. The number of carbonyl (C=O) groups is 2. The molecule has 5 rings (SSSR count). The maximum Gasteiger partial charge on any atom is 0.410 e. The molecule has 2 aromatic rings. The first kappa shape index (κ1) is 25.5. The largest absolute Gasteiger partial charge is 0.466 e. The Kier molecular flexibility index (Phi) is 6.62. The van der Waals surface area contributed by atoms with Gasteiger partial charge in [-0.25, -0.2) is 14.8 Å². The van der Waals surface area contributed by atoms with Crippen molar-refractivity contribution in [3.05, 3.63) is 46.9 Å². The van der Waals surface area contributed by atoms with E-state index in [1.165, 1.54) is 11.1 Å². The molecule has 0 bridgehead atoms. The molecule has 198 valence electrons. The fraction of sp³-hybridized carbons (Fsp3) is 0.586. The van der Waals surface area contributed by atoms with Crippen molar-refractivity contribution in [2.24, 2.45) is 0 Å². The average Bonchev–Trinajstić information content (AvgIpc) is 3.37. The number of rotatable bonds is 4. The number of aryl methyl sites for hydroxylation is 1. The van der Waals surface area contributed by atoms with Crippen molar-refractivity contribution in [1.29, 1.82) is 0 Å². The van der Waals surface area contributed by atoms with Crippen molar-refractivity contribution in [3.63, 3.8) is 0 Å². The van der Waals surface area contributed by atoms with Crippen molar-refractivity contribution in [3.8, 4) is 0 Å². The van der Waals surface area contributed by atoms with E-state index in [1.807, 2.05) is 38.7 Å². The number of hydrogen-bond acceptors (Lipinski definition) is 7. The van der Waals surface area contributed by atoms with Crippen molar-refractivity contribution in [2.45, 2.75) is 83.7 Å². The molecule has 1 aromatic heterocycles. The molecule has 3 aliphatic rings. The van der Waals surface area contributed by atoms with E-state index in [0.717, 1.165) is 55.0 Å². The van der Waals surface area contributed by atoms with Crippen molar-refractivity contribution >= 4 is 23.6 Å². The van der Waals surface area contributed by atoms with E-state index in [9.17, 15) is 9.59 Å². The van der Waals surface area contributed by atoms with Gasteiger partial charge in [-0.1, -0.05) is 19.1 Å². The number of amides is 1. The van der Waals surface area contributed by atoms with Gasteiger partial charge in [0.1, 0.15) is 17.7 Å². The highest BCUT2D eigenvalue weighted by Gasteiger charge is 2.47. The number of carbonyl (C=O) groups excluding carboxylic acids is 2. The van der Waals surface area contributed by atoms with Crippen molar-refractivity contribution < 1.29 is 19.1 Å². The molecule has 0 unspecified atom stereocenters. The normalized spacial score (nSPS) is 20.1. The van der Waals surface area contributed by atoms with Crippen molar-refractivity contribution in [1.82, 2.24) is 14.9 Å². The highest BCUT2D eigenvalue weighted by Crippen LogP contribution is 2.51. The Morgan fingerprint density at radius 1 is 1.16 bits per heavy atom. The lowest BCUT2D eigenvalue weighted by Crippen LogP contribution is -2.48. The average molecular weight is 507 g/mol. The fourth-order valence-corrected chi connectivity index (χ4v) is 6.10. The summed E-state index contributed by atoms with van der Waals surface area (Å²) >= 11 is 0. The molecule has 0 saturated carbocycles. The molecule has 1 aliphatic carbocycles. The molecule has 37 heavy (non-hydrogen) atoms. The summed E-state index contributed by atoms with van der Waals surface area (Å²) in [5.41, 5.74) is 5.07. The van der Waals surface area contributed by atoms with E-state index in [1.54, 1.807) is 6.33 Å². The molecule has 1 saturated heterocycles. The first-order chi connectivity index (χ1) is 17.6. The molecule has 3 heterocycles. The van der Waals surface area contributed by atoms with Gasteiger partial charge in [-0.3, -0.25) is 4.79 Å². The zero-order valence-corrected chi connectivity index (χ0v) is 22.7. The summed E-state index contributed by atoms with van der Waals surface area (Å²) in [6.07, 6.45) is 5.41. The van der Waals surface area contributed by atoms with Crippen LogP contribution < -0.4 is 4.90 Å². The Labute approximate surface area is 219 Å². The Morgan fingerprint density at radius 2 is 1.92 bits per heavy atom. The number of likely N-dealkylation sites (tertiary alicyclic amines) is 1. The zero-order valence-electron chi connectivity index (χ0n) is 22.7. The number of ether oxygens (including phenoxy) is 2. The molecule has 0 N–H and O–H groups in total. The van der Waals surface area contributed by atoms with E-state index in [4.69, 9.17) is 14.5 Å². The summed E-state index contributed by atoms with van der Waals surface area (Å²) in [6.45, 7) is 12.2. The molecule has 8 nitrogen and oxygen atoms in total. The Hall–Kier alpha value is -3.16. The SMILES string of the molecule is CCOC(=O)Cc1ccc2c(c1)C1(CCN(C(=O)OC(C)(C)C)CC1)CN2c1ncnc2c1[C@H](C)CC2. The van der Waals surface area contributed by atoms with E-state index >= 15 is 0 Å². The second-order valence-corrected chi connectivity index (χ2v) is 11.7. The van der Waals surface area contributed by atoms with Crippen LogP contribution >= 0.6 is 0 Å². The van der Waals surface area contributed by atoms with E-state index in [0.29, 0.717) is 25.6 Å². The van der Waals surface area contributed by atoms with Crippen LogP contribution in [0.4, 0.5) is 16.3 Å². The maximum atomic E-state index is 12.8. The number of nitrogens with zero attached hydrogens (tertiary/aromatic N) is 4. The lowest BCUT2D eigenvalue weighted by molar-refractivity contribution is -0.142. The van der Waals surface area contributed by atoms with E-state index in [2.05, 4.69) is 28.9 Å². The minimum Gasteiger partial charge on any atom is -0.466 e. The number of piperidine rings is 1. The van der Waals surface area contributed by atoms with Gasteiger partial charge in [-0.05, 0) is 76.5 Å². The van der Waals surface area contributed by atoms with Gasteiger partial charge in [-0.2, -0.15) is 0 Å². The number of benzene rings is 1. The third-order valence-electron chi connectivity index (χ3n) is 7.92. The topological polar surface area (TPSA) is 84.9 Å². The third kappa shape index (κ3) is 4.90. The fourth-order valence-electron chi connectivity index (χ4n) is 6.10. The minimum absolute atomic E-state index is 0.141. The van der Waals surface area contributed by atoms with Gasteiger partial charge in [0.2, 0.25) is 0 Å². The van der Waals surface area contributed by atoms with Gasteiger partial charge in [0.05, 0.1) is 13.0 Å². The minimum atomic E-state index is -0.519. The second kappa shape index (κ2) is 9.62. The first-order valence-electron chi connectivity index (χ1n) is 13.5. The monoisotopic (exact) mass is 506 g/mol. The van der Waals surface area contributed by atoms with Crippen LogP contribution in [-0.2, 0) is 32.5 Å². The highest BCUT2D eigenvalue weighted by atomic mass is 16.6. The van der Waals surface area contributed by atoms with Crippen LogP contribution in [0.15, 0.2) is 24.5 Å². The first-order valence-corrected chi connectivity index (χ1v) is 13.5. The molecule has 0 radical (unpaired) electrons. The number of hydrogen-bond donors (Lipinski definition) is 0. The van der Waals surface area contributed by atoms with Gasteiger partial charge < -0.3 is 19.3 Å². The van der Waals surface area contributed by atoms with Crippen LogP contribution in [-0.4, -0.2) is 58.8 Å². The molecule has 1 atom stereocenters. The molecule has 1 aromatic carbocycles. The van der Waals surface area contributed by atoms with E-state index in [-0.39, 0.29) is 23.9 Å². The van der Waals surface area contributed by atoms with Crippen LogP contribution in [0.1, 0.15) is 82.2 Å². The van der Waals surface area contributed by atoms with Crippen LogP contribution in [0.3, 0.4) is 0 Å². The summed E-state index contributed by atoms with van der Waals surface area (Å²) in [6, 6.07) is 6.34. The molecular formula is C29H38N4O4. The molecule has 1 spiro atoms. The molecule has 1 amide bonds. The van der Waals surface area contributed by atoms with Crippen LogP contribution in [0, 0.1) is 0 Å². The lowest BCUT2D eigenvalue weighted by Gasteiger charge is -2.40. The maximum absolute atomic E-state index is 12.8. The summed E-state index contributed by atoms with van der Waals surface area (Å²) in [5.74, 6) is 1.21. The summed E-state index contributed by atoms with van der Waals surface area (Å²) in [5, 5.41) is 0. The van der Waals surface area contributed by atoms with E-state index < -0.39 is 5.60 Å². The standard InChI is InChI=1S/C29H38N4O4/c1-6-36-24(34)16-20-8-10-23-21(15-20)29(11-13-32(14-12-29)27(35)37-28(3,4)5)17-33(23)26-25-19(2)7-9-22(25)30-18-31-26/h8,10,15,18-19H,6-7,9,11-14,16-17H2,1-5H3/t19-/m1/s1. The van der Waals surface area contributed by atoms with Gasteiger partial charge >= 0.3 is 12.1 Å². The molecule has 8 heteroatoms. The smallest absolute Gasteiger partial charge is 0.410 e. The van der Waals surface area contributed by atoms with Gasteiger partial charge in [0.25, 0.3) is 0 Å². The zero-order chi connectivity index (χ0) is 26.4. The summed E-state index contributed by atoms with van der Waals surface area (Å²) in [7, 11) is 0. The number of esters is 1. The van der Waals surface area contributed by atoms with Gasteiger partial charge in [0.15, 0.2) is 0 Å². The predicted molar refractivity (Wildman–Crippen MR) is 141 cm³/mol. The number of aromatic nitrogens is 2. The number of anilines is 2. The quantitative estimate of drug-likeness (QED) is 0.536. The third-order valence-corrected chi connectivity index (χ3v) is 7.92. The number of fused-ring (bicyclic) bond motifs is 3. The summed E-state index contributed by atoms with van der Waals surface area (Å²) < 4.78 is 10.9. The van der Waals surface area contributed by atoms with Crippen LogP contribution in [0.25, 0.3) is 0 Å². The second-order valence-electron chi connectivity index (χ2n) is 11.7. The lowest BCUT2D eigenvalue weighted by atomic mass is 9.74. The van der Waals surface area contributed by atoms with Crippen molar-refractivity contribution in [2.75, 3.05) is 31.1 Å². The Morgan fingerprint density at radius 3 is 2.62 bits per heavy atom. The summed E-state index contributed by atoms with van der Waals surface area (Å²) in [4.78, 5) is 38.6. The van der Waals surface area contributed by atoms with Crippen LogP contribution in [0.5, 0.6) is 0 Å². The van der Waals surface area contributed by atoms with Gasteiger partial charge in [-0.15, -0.1) is 0 Å². The van der Waals surface area contributed by atoms with Crippen LogP contribution in [0.2, 0.25) is 0 Å². The molecule has 2 aliphatic heterocycles. The molecule has 1 fully saturated rings.